The second-order valence-corrected chi connectivity index (χ2v) is 4.33. The molecule has 9 heteroatoms. The molecule has 0 unspecified atom stereocenters. The van der Waals surface area contributed by atoms with Crippen LogP contribution in [0.25, 0.3) is 0 Å². The molecule has 1 heterocycles. The van der Waals surface area contributed by atoms with E-state index in [0.717, 1.165) is 26.2 Å². The number of urea groups is 1. The molecule has 1 fully saturated rings. The minimum atomic E-state index is -1.82. The van der Waals surface area contributed by atoms with Crippen LogP contribution in [0.5, 0.6) is 0 Å². The van der Waals surface area contributed by atoms with E-state index in [1.54, 1.807) is 11.9 Å². The second kappa shape index (κ2) is 9.10. The van der Waals surface area contributed by atoms with Gasteiger partial charge in [-0.15, -0.1) is 0 Å². The van der Waals surface area contributed by atoms with E-state index in [9.17, 15) is 4.79 Å². The molecule has 0 aromatic rings. The molecule has 3 N–H and O–H groups in total. The Balaban J connectivity index is 0.000000511. The number of hydrogen-bond donors (Lipinski definition) is 3. The van der Waals surface area contributed by atoms with Gasteiger partial charge in [0.05, 0.1) is 6.61 Å². The van der Waals surface area contributed by atoms with Gasteiger partial charge in [-0.2, -0.15) is 0 Å². The molecular weight excluding hydrogens is 270 g/mol. The van der Waals surface area contributed by atoms with E-state index in [2.05, 4.69) is 11.9 Å². The summed E-state index contributed by atoms with van der Waals surface area (Å²) in [5.74, 6) is -3.65. The van der Waals surface area contributed by atoms with Crippen molar-refractivity contribution in [3.63, 3.8) is 0 Å². The van der Waals surface area contributed by atoms with E-state index >= 15 is 0 Å². The van der Waals surface area contributed by atoms with E-state index in [1.165, 1.54) is 0 Å². The summed E-state index contributed by atoms with van der Waals surface area (Å²) in [5, 5.41) is 23.5. The molecule has 0 aromatic carbocycles. The number of aliphatic carboxylic acids is 2. The van der Waals surface area contributed by atoms with Crippen molar-refractivity contribution in [3.05, 3.63) is 0 Å². The van der Waals surface area contributed by atoms with Crippen molar-refractivity contribution in [3.8, 4) is 0 Å². The number of hydrogen-bond acceptors (Lipinski definition) is 5. The highest BCUT2D eigenvalue weighted by Crippen LogP contribution is 2.02. The van der Waals surface area contributed by atoms with E-state index in [4.69, 9.17) is 24.9 Å². The van der Waals surface area contributed by atoms with Crippen LogP contribution in [0.4, 0.5) is 4.79 Å². The van der Waals surface area contributed by atoms with Gasteiger partial charge in [-0.1, -0.05) is 0 Å². The molecule has 2 amide bonds. The van der Waals surface area contributed by atoms with Crippen molar-refractivity contribution in [2.45, 2.75) is 0 Å². The Morgan fingerprint density at radius 1 is 1.05 bits per heavy atom. The topological polar surface area (TPSA) is 122 Å². The van der Waals surface area contributed by atoms with Crippen molar-refractivity contribution in [1.82, 2.24) is 14.7 Å². The molecule has 0 atom stereocenters. The fourth-order valence-corrected chi connectivity index (χ4v) is 1.48. The second-order valence-electron chi connectivity index (χ2n) is 4.33. The van der Waals surface area contributed by atoms with Crippen LogP contribution in [0.2, 0.25) is 0 Å². The fourth-order valence-electron chi connectivity index (χ4n) is 1.48. The zero-order chi connectivity index (χ0) is 15.7. The quantitative estimate of drug-likeness (QED) is 0.526. The van der Waals surface area contributed by atoms with Crippen molar-refractivity contribution in [2.24, 2.45) is 0 Å². The lowest BCUT2D eigenvalue weighted by Gasteiger charge is -2.34. The van der Waals surface area contributed by atoms with Crippen LogP contribution in [0.15, 0.2) is 0 Å². The van der Waals surface area contributed by atoms with Gasteiger partial charge in [0, 0.05) is 39.8 Å². The molecule has 1 aliphatic heterocycles. The average molecular weight is 291 g/mol. The maximum Gasteiger partial charge on any atom is 0.414 e. The SMILES string of the molecule is CN1CCN(C(=O)N(C)CCO)CC1.O=C(O)C(=O)O. The summed E-state index contributed by atoms with van der Waals surface area (Å²) >= 11 is 0. The maximum absolute atomic E-state index is 11.7. The van der Waals surface area contributed by atoms with Gasteiger partial charge in [0.25, 0.3) is 0 Å². The highest BCUT2D eigenvalue weighted by Gasteiger charge is 2.21. The zero-order valence-electron chi connectivity index (χ0n) is 11.7. The Labute approximate surface area is 117 Å². The van der Waals surface area contributed by atoms with E-state index < -0.39 is 11.9 Å². The van der Waals surface area contributed by atoms with Crippen LogP contribution >= 0.6 is 0 Å². The van der Waals surface area contributed by atoms with Crippen LogP contribution in [0, 0.1) is 0 Å². The molecule has 0 saturated carbocycles. The standard InChI is InChI=1S/C9H19N3O2.C2H2O4/c1-10-3-5-12(6-4-10)9(14)11(2)7-8-13;3-1(4)2(5)6/h13H,3-8H2,1-2H3;(H,3,4)(H,5,6). The van der Waals surface area contributed by atoms with E-state index in [-0.39, 0.29) is 12.6 Å². The first-order valence-electron chi connectivity index (χ1n) is 6.05. The number of carbonyl (C=O) groups is 3. The lowest BCUT2D eigenvalue weighted by Crippen LogP contribution is -2.51. The Bertz CT molecular complexity index is 329. The first kappa shape index (κ1) is 18.1. The third kappa shape index (κ3) is 6.90. The molecule has 9 nitrogen and oxygen atoms in total. The van der Waals surface area contributed by atoms with Gasteiger partial charge < -0.3 is 30.0 Å². The lowest BCUT2D eigenvalue weighted by molar-refractivity contribution is -0.159. The Morgan fingerprint density at radius 3 is 1.85 bits per heavy atom. The Kier molecular flexibility index (Phi) is 8.25. The number of piperazine rings is 1. The van der Waals surface area contributed by atoms with Crippen molar-refractivity contribution < 1.29 is 29.7 Å². The maximum atomic E-state index is 11.7. The van der Waals surface area contributed by atoms with Crippen molar-refractivity contribution >= 4 is 18.0 Å². The predicted octanol–water partition coefficient (Wildman–Crippen LogP) is -1.57. The number of rotatable bonds is 2. The molecule has 116 valence electrons. The van der Waals surface area contributed by atoms with Crippen LogP contribution in [0.3, 0.4) is 0 Å². The van der Waals surface area contributed by atoms with Gasteiger partial charge in [0.2, 0.25) is 0 Å². The van der Waals surface area contributed by atoms with Crippen LogP contribution in [-0.4, -0.2) is 101 Å². The highest BCUT2D eigenvalue weighted by atomic mass is 16.4. The Morgan fingerprint density at radius 2 is 1.50 bits per heavy atom. The third-order valence-electron chi connectivity index (χ3n) is 2.72. The smallest absolute Gasteiger partial charge is 0.414 e. The molecular formula is C11H21N3O6. The predicted molar refractivity (Wildman–Crippen MR) is 69.5 cm³/mol. The number of likely N-dealkylation sites (N-methyl/N-ethyl adjacent to an activating group) is 2. The number of carboxylic acid groups (broad SMARTS) is 2. The largest absolute Gasteiger partial charge is 0.473 e. The molecule has 0 bridgehead atoms. The van der Waals surface area contributed by atoms with E-state index in [1.807, 2.05) is 4.90 Å². The lowest BCUT2D eigenvalue weighted by atomic mass is 10.3. The number of amides is 2. The minimum absolute atomic E-state index is 0.0205. The van der Waals surface area contributed by atoms with Gasteiger partial charge in [-0.3, -0.25) is 0 Å². The third-order valence-corrected chi connectivity index (χ3v) is 2.72. The molecule has 1 rings (SSSR count). The van der Waals surface area contributed by atoms with Crippen LogP contribution < -0.4 is 0 Å². The minimum Gasteiger partial charge on any atom is -0.473 e. The molecule has 1 saturated heterocycles. The molecule has 0 aromatic heterocycles. The normalized spacial score (nSPS) is 15.1. The fraction of sp³-hybridized carbons (Fsp3) is 0.727. The van der Waals surface area contributed by atoms with Gasteiger partial charge in [0.1, 0.15) is 0 Å². The van der Waals surface area contributed by atoms with E-state index in [0.29, 0.717) is 6.54 Å². The summed E-state index contributed by atoms with van der Waals surface area (Å²) in [5.41, 5.74) is 0. The number of carbonyl (C=O) groups excluding carboxylic acids is 1. The first-order chi connectivity index (χ1) is 9.29. The number of carboxylic acids is 2. The summed E-state index contributed by atoms with van der Waals surface area (Å²) in [4.78, 5) is 35.5. The number of aliphatic hydroxyl groups excluding tert-OH is 1. The van der Waals surface area contributed by atoms with Crippen molar-refractivity contribution in [1.29, 1.82) is 0 Å². The van der Waals surface area contributed by atoms with Gasteiger partial charge in [0.15, 0.2) is 0 Å². The molecule has 0 aliphatic carbocycles. The first-order valence-corrected chi connectivity index (χ1v) is 6.05. The summed E-state index contributed by atoms with van der Waals surface area (Å²) in [6.45, 7) is 3.86. The summed E-state index contributed by atoms with van der Waals surface area (Å²) in [7, 11) is 3.77. The zero-order valence-corrected chi connectivity index (χ0v) is 11.7. The van der Waals surface area contributed by atoms with Crippen molar-refractivity contribution in [2.75, 3.05) is 53.4 Å². The average Bonchev–Trinajstić information content (AvgIpc) is 2.39. The highest BCUT2D eigenvalue weighted by molar-refractivity contribution is 6.27. The monoisotopic (exact) mass is 291 g/mol. The van der Waals surface area contributed by atoms with Crippen LogP contribution in [-0.2, 0) is 9.59 Å². The molecule has 1 aliphatic rings. The summed E-state index contributed by atoms with van der Waals surface area (Å²) in [6, 6.07) is 0.0205. The Hall–Kier alpha value is -1.87. The molecule has 20 heavy (non-hydrogen) atoms. The molecule has 0 radical (unpaired) electrons. The number of aliphatic hydroxyl groups is 1. The van der Waals surface area contributed by atoms with Crippen LogP contribution in [0.1, 0.15) is 0 Å². The summed E-state index contributed by atoms with van der Waals surface area (Å²) < 4.78 is 0. The van der Waals surface area contributed by atoms with Gasteiger partial charge in [-0.25, -0.2) is 14.4 Å². The summed E-state index contributed by atoms with van der Waals surface area (Å²) in [6.07, 6.45) is 0. The molecule has 0 spiro atoms. The van der Waals surface area contributed by atoms with Gasteiger partial charge in [-0.05, 0) is 7.05 Å². The van der Waals surface area contributed by atoms with Gasteiger partial charge >= 0.3 is 18.0 Å². The number of nitrogens with zero attached hydrogens (tertiary/aromatic N) is 3.